The van der Waals surface area contributed by atoms with Crippen molar-refractivity contribution >= 4 is 43.0 Å². The van der Waals surface area contributed by atoms with Gasteiger partial charge in [-0.05, 0) is 68.1 Å². The highest BCUT2D eigenvalue weighted by molar-refractivity contribution is 7.93. The number of aryl methyl sites for hydroxylation is 2. The molecule has 6 nitrogen and oxygen atoms in total. The molecule has 1 saturated heterocycles. The summed E-state index contributed by atoms with van der Waals surface area (Å²) in [6, 6.07) is 5.23. The molecule has 3 rings (SSSR count). The van der Waals surface area contributed by atoms with E-state index in [2.05, 4.69) is 4.72 Å². The Morgan fingerprint density at radius 1 is 1.06 bits per heavy atom. The second-order valence-corrected chi connectivity index (χ2v) is 11.3. The quantitative estimate of drug-likeness (QED) is 0.664. The molecule has 0 saturated carbocycles. The Kier molecular flexibility index (Phi) is 6.25. The number of hydrogen-bond acceptors (Lipinski definition) is 4. The number of alkyl halides is 3. The van der Waals surface area contributed by atoms with Crippen molar-refractivity contribution in [2.75, 3.05) is 21.3 Å². The Bertz CT molecular complexity index is 1210. The predicted octanol–water partition coefficient (Wildman–Crippen LogP) is 4.71. The van der Waals surface area contributed by atoms with E-state index in [-0.39, 0.29) is 26.8 Å². The van der Waals surface area contributed by atoms with E-state index < -0.39 is 37.5 Å². The predicted molar refractivity (Wildman–Crippen MR) is 114 cm³/mol. The Labute approximate surface area is 184 Å². The minimum absolute atomic E-state index is 0.0146. The van der Waals surface area contributed by atoms with Crippen LogP contribution in [-0.2, 0) is 26.2 Å². The molecule has 1 N–H and O–H groups in total. The van der Waals surface area contributed by atoms with Crippen LogP contribution in [0.2, 0.25) is 5.02 Å². The average Bonchev–Trinajstić information content (AvgIpc) is 2.61. The third-order valence-corrected chi connectivity index (χ3v) is 8.76. The summed E-state index contributed by atoms with van der Waals surface area (Å²) in [5.74, 6) is 0.0146. The van der Waals surface area contributed by atoms with E-state index in [0.29, 0.717) is 31.1 Å². The molecule has 2 aromatic rings. The number of rotatable bonds is 4. The molecule has 0 radical (unpaired) electrons. The van der Waals surface area contributed by atoms with E-state index in [0.717, 1.165) is 12.1 Å². The normalized spacial score (nSPS) is 16.9. The summed E-state index contributed by atoms with van der Waals surface area (Å²) in [6.07, 6.45) is -3.42. The molecule has 12 heteroatoms. The van der Waals surface area contributed by atoms with Crippen molar-refractivity contribution < 1.29 is 30.0 Å². The Balaban J connectivity index is 2.01. The first-order valence-electron chi connectivity index (χ1n) is 9.23. The fraction of sp³-hybridized carbons (Fsp3) is 0.368. The lowest BCUT2D eigenvalue weighted by Gasteiger charge is -2.29. The van der Waals surface area contributed by atoms with Gasteiger partial charge in [0.05, 0.1) is 32.6 Å². The topological polar surface area (TPSA) is 83.6 Å². The molecule has 0 atom stereocenters. The van der Waals surface area contributed by atoms with Crippen molar-refractivity contribution in [1.82, 2.24) is 0 Å². The number of nitrogens with one attached hydrogen (secondary N) is 1. The second-order valence-electron chi connectivity index (χ2n) is 7.30. The first kappa shape index (κ1) is 23.7. The third-order valence-electron chi connectivity index (χ3n) is 4.89. The van der Waals surface area contributed by atoms with E-state index in [1.807, 2.05) is 0 Å². The zero-order valence-corrected chi connectivity index (χ0v) is 19.0. The van der Waals surface area contributed by atoms with Crippen molar-refractivity contribution in [3.8, 4) is 0 Å². The van der Waals surface area contributed by atoms with Gasteiger partial charge in [0.2, 0.25) is 10.0 Å². The molecule has 1 heterocycles. The van der Waals surface area contributed by atoms with Crippen LogP contribution in [-0.4, -0.2) is 29.1 Å². The smallest absolute Gasteiger partial charge is 0.278 e. The molecule has 1 aliphatic rings. The molecule has 0 unspecified atom stereocenters. The van der Waals surface area contributed by atoms with E-state index in [4.69, 9.17) is 11.6 Å². The molecule has 0 bridgehead atoms. The van der Waals surface area contributed by atoms with Gasteiger partial charge in [0, 0.05) is 6.54 Å². The zero-order valence-electron chi connectivity index (χ0n) is 16.6. The third kappa shape index (κ3) is 4.93. The Morgan fingerprint density at radius 2 is 1.68 bits per heavy atom. The van der Waals surface area contributed by atoms with Crippen LogP contribution >= 0.6 is 11.6 Å². The second kappa shape index (κ2) is 8.18. The van der Waals surface area contributed by atoms with Crippen LogP contribution < -0.4 is 9.03 Å². The molecular formula is C19H20ClF3N2O4S2. The summed E-state index contributed by atoms with van der Waals surface area (Å²) >= 11 is 5.91. The fourth-order valence-corrected chi connectivity index (χ4v) is 6.92. The van der Waals surface area contributed by atoms with Gasteiger partial charge in [-0.15, -0.1) is 0 Å². The van der Waals surface area contributed by atoms with Gasteiger partial charge in [0.1, 0.15) is 0 Å². The molecule has 0 spiro atoms. The standard InChI is InChI=1S/C19H20ClF3N2O4S2/c1-12-9-15(25-7-3-4-8-30(25,26)27)10-13(2)18(12)31(28,29)24-17-11-14(19(21,22)23)5-6-16(17)20/h5-6,9-11,24H,3-4,7-8H2,1-2H3. The summed E-state index contributed by atoms with van der Waals surface area (Å²) in [4.78, 5) is -0.154. The van der Waals surface area contributed by atoms with E-state index in [1.54, 1.807) is 0 Å². The molecular weight excluding hydrogens is 477 g/mol. The number of sulfonamides is 2. The van der Waals surface area contributed by atoms with Crippen LogP contribution in [0.25, 0.3) is 0 Å². The van der Waals surface area contributed by atoms with Crippen LogP contribution in [0.15, 0.2) is 35.2 Å². The monoisotopic (exact) mass is 496 g/mol. The van der Waals surface area contributed by atoms with Gasteiger partial charge in [-0.1, -0.05) is 11.6 Å². The van der Waals surface area contributed by atoms with Crippen LogP contribution in [0, 0.1) is 13.8 Å². The average molecular weight is 497 g/mol. The molecule has 1 fully saturated rings. The maximum atomic E-state index is 13.0. The van der Waals surface area contributed by atoms with Crippen molar-refractivity contribution in [1.29, 1.82) is 0 Å². The largest absolute Gasteiger partial charge is 0.416 e. The fourth-order valence-electron chi connectivity index (χ4n) is 3.55. The Hall–Kier alpha value is -1.98. The molecule has 0 amide bonds. The van der Waals surface area contributed by atoms with E-state index in [9.17, 15) is 30.0 Å². The van der Waals surface area contributed by atoms with E-state index >= 15 is 0 Å². The summed E-state index contributed by atoms with van der Waals surface area (Å²) in [7, 11) is -7.79. The van der Waals surface area contributed by atoms with Gasteiger partial charge in [-0.25, -0.2) is 16.8 Å². The molecule has 0 aromatic heterocycles. The molecule has 170 valence electrons. The number of hydrogen-bond donors (Lipinski definition) is 1. The van der Waals surface area contributed by atoms with Gasteiger partial charge in [0.15, 0.2) is 0 Å². The lowest BCUT2D eigenvalue weighted by molar-refractivity contribution is -0.137. The van der Waals surface area contributed by atoms with Crippen LogP contribution in [0.4, 0.5) is 24.5 Å². The van der Waals surface area contributed by atoms with Gasteiger partial charge in [-0.2, -0.15) is 13.2 Å². The first-order valence-corrected chi connectivity index (χ1v) is 12.7. The van der Waals surface area contributed by atoms with Gasteiger partial charge < -0.3 is 0 Å². The number of nitrogens with zero attached hydrogens (tertiary/aromatic N) is 1. The van der Waals surface area contributed by atoms with Crippen LogP contribution in [0.5, 0.6) is 0 Å². The molecule has 31 heavy (non-hydrogen) atoms. The number of benzene rings is 2. The van der Waals surface area contributed by atoms with E-state index in [1.165, 1.54) is 30.3 Å². The van der Waals surface area contributed by atoms with Crippen molar-refractivity contribution in [2.45, 2.75) is 37.8 Å². The van der Waals surface area contributed by atoms with Crippen LogP contribution in [0.3, 0.4) is 0 Å². The molecule has 2 aromatic carbocycles. The van der Waals surface area contributed by atoms with Crippen LogP contribution in [0.1, 0.15) is 29.5 Å². The SMILES string of the molecule is Cc1cc(N2CCCCS2(=O)=O)cc(C)c1S(=O)(=O)Nc1cc(C(F)(F)F)ccc1Cl. The van der Waals surface area contributed by atoms with Crippen molar-refractivity contribution in [3.05, 3.63) is 52.0 Å². The van der Waals surface area contributed by atoms with Crippen molar-refractivity contribution in [2.24, 2.45) is 0 Å². The number of anilines is 2. The maximum Gasteiger partial charge on any atom is 0.416 e. The summed E-state index contributed by atoms with van der Waals surface area (Å²) in [6.45, 7) is 3.29. The summed E-state index contributed by atoms with van der Waals surface area (Å²) < 4.78 is 93.1. The van der Waals surface area contributed by atoms with Crippen molar-refractivity contribution in [3.63, 3.8) is 0 Å². The minimum Gasteiger partial charge on any atom is -0.278 e. The minimum atomic E-state index is -4.67. The molecule has 1 aliphatic heterocycles. The highest BCUT2D eigenvalue weighted by atomic mass is 35.5. The summed E-state index contributed by atoms with van der Waals surface area (Å²) in [5, 5.41) is -0.192. The lowest BCUT2D eigenvalue weighted by Crippen LogP contribution is -2.38. The molecule has 0 aliphatic carbocycles. The Morgan fingerprint density at radius 3 is 2.23 bits per heavy atom. The van der Waals surface area contributed by atoms with Gasteiger partial charge >= 0.3 is 6.18 Å². The highest BCUT2D eigenvalue weighted by Crippen LogP contribution is 2.36. The summed E-state index contributed by atoms with van der Waals surface area (Å²) in [5.41, 5.74) is -0.588. The maximum absolute atomic E-state index is 13.0. The van der Waals surface area contributed by atoms with Gasteiger partial charge in [-0.3, -0.25) is 9.03 Å². The highest BCUT2D eigenvalue weighted by Gasteiger charge is 2.32. The number of halogens is 4. The first-order chi connectivity index (χ1) is 14.2. The lowest BCUT2D eigenvalue weighted by atomic mass is 10.1. The van der Waals surface area contributed by atoms with Gasteiger partial charge in [0.25, 0.3) is 10.0 Å². The zero-order chi connectivity index (χ0) is 23.2.